The molecule has 2 heteroatoms. The van der Waals surface area contributed by atoms with Crippen LogP contribution in [0.25, 0.3) is 0 Å². The second-order valence-corrected chi connectivity index (χ2v) is 27.3. The zero-order valence-corrected chi connectivity index (χ0v) is 13.4. The molecule has 0 N–H and O–H groups in total. The van der Waals surface area contributed by atoms with Crippen molar-refractivity contribution in [3.63, 3.8) is 0 Å². The predicted molar refractivity (Wildman–Crippen MR) is 65.4 cm³/mol. The van der Waals surface area contributed by atoms with Gasteiger partial charge in [-0.2, -0.15) is 0 Å². The molecule has 0 saturated heterocycles. The van der Waals surface area contributed by atoms with Gasteiger partial charge >= 0.3 is 83.5 Å². The van der Waals surface area contributed by atoms with Gasteiger partial charge in [-0.15, -0.1) is 0 Å². The molecular formula is C10H24SiSn. The molecule has 0 aromatic rings. The molecule has 72 valence electrons. The molecule has 0 aliphatic carbocycles. The van der Waals surface area contributed by atoms with Gasteiger partial charge in [-0.3, -0.25) is 0 Å². The zero-order valence-electron chi connectivity index (χ0n) is 9.57. The van der Waals surface area contributed by atoms with Crippen LogP contribution in [0, 0.1) is 0 Å². The second-order valence-electron chi connectivity index (χ2n) is 6.00. The predicted octanol–water partition coefficient (Wildman–Crippen LogP) is 4.22. The summed E-state index contributed by atoms with van der Waals surface area (Å²) in [5.41, 5.74) is 0. The van der Waals surface area contributed by atoms with Crippen molar-refractivity contribution in [1.29, 1.82) is 0 Å². The van der Waals surface area contributed by atoms with E-state index in [4.69, 9.17) is 0 Å². The Labute approximate surface area is 83.3 Å². The van der Waals surface area contributed by atoms with Gasteiger partial charge in [0.2, 0.25) is 0 Å². The molecular weight excluding hydrogens is 267 g/mol. The van der Waals surface area contributed by atoms with E-state index in [9.17, 15) is 0 Å². The average Bonchev–Trinajstić information content (AvgIpc) is 1.76. The molecule has 12 heavy (non-hydrogen) atoms. The van der Waals surface area contributed by atoms with Gasteiger partial charge in [-0.25, -0.2) is 0 Å². The van der Waals surface area contributed by atoms with E-state index in [0.717, 1.165) is 0 Å². The van der Waals surface area contributed by atoms with Crippen LogP contribution in [-0.4, -0.2) is 26.5 Å². The van der Waals surface area contributed by atoms with Crippen LogP contribution in [0.5, 0.6) is 0 Å². The summed E-state index contributed by atoms with van der Waals surface area (Å²) >= 11 is -1.48. The SMILES string of the molecule is C[Si](C)(C)C/C=C/[CH2][Sn]([CH3])([CH3])[CH3]. The Balaban J connectivity index is 3.66. The van der Waals surface area contributed by atoms with Crippen LogP contribution in [0.3, 0.4) is 0 Å². The molecule has 0 spiro atoms. The summed E-state index contributed by atoms with van der Waals surface area (Å²) in [6.45, 7) is 7.28. The molecule has 0 saturated carbocycles. The molecule has 0 nitrogen and oxygen atoms in total. The van der Waals surface area contributed by atoms with Crippen molar-refractivity contribution in [2.24, 2.45) is 0 Å². The summed E-state index contributed by atoms with van der Waals surface area (Å²) < 4.78 is 1.42. The van der Waals surface area contributed by atoms with Crippen molar-refractivity contribution >= 4 is 26.5 Å². The molecule has 0 aliphatic rings. The first-order valence-electron chi connectivity index (χ1n) is 4.86. The first-order chi connectivity index (χ1) is 5.21. The van der Waals surface area contributed by atoms with Gasteiger partial charge in [0.05, 0.1) is 0 Å². The van der Waals surface area contributed by atoms with Crippen molar-refractivity contribution in [2.75, 3.05) is 0 Å². The van der Waals surface area contributed by atoms with Gasteiger partial charge in [0.1, 0.15) is 0 Å². The Morgan fingerprint density at radius 1 is 1.00 bits per heavy atom. The molecule has 0 bridgehead atoms. The van der Waals surface area contributed by atoms with Crippen LogP contribution < -0.4 is 0 Å². The van der Waals surface area contributed by atoms with E-state index in [1.165, 1.54) is 10.5 Å². The van der Waals surface area contributed by atoms with E-state index >= 15 is 0 Å². The minimum absolute atomic E-state index is 0.817. The quantitative estimate of drug-likeness (QED) is 0.537. The zero-order chi connectivity index (χ0) is 9.83. The summed E-state index contributed by atoms with van der Waals surface area (Å²) in [6, 6.07) is 1.36. The minimum atomic E-state index is -1.48. The maximum absolute atomic E-state index is 2.49. The molecule has 0 amide bonds. The molecule has 0 aromatic carbocycles. The Hall–Kier alpha value is 0.756. The normalized spacial score (nSPS) is 14.2. The van der Waals surface area contributed by atoms with Crippen molar-refractivity contribution in [3.05, 3.63) is 12.2 Å². The number of hydrogen-bond acceptors (Lipinski definition) is 0. The van der Waals surface area contributed by atoms with Gasteiger partial charge in [0.25, 0.3) is 0 Å². The fraction of sp³-hybridized carbons (Fsp3) is 0.800. The molecule has 0 atom stereocenters. The number of rotatable bonds is 4. The Bertz CT molecular complexity index is 130. The summed E-state index contributed by atoms with van der Waals surface area (Å²) in [7, 11) is -0.817. The van der Waals surface area contributed by atoms with Crippen LogP contribution in [0.1, 0.15) is 0 Å². The van der Waals surface area contributed by atoms with Crippen molar-refractivity contribution < 1.29 is 0 Å². The monoisotopic (exact) mass is 292 g/mol. The molecule has 0 rings (SSSR count). The summed E-state index contributed by atoms with van der Waals surface area (Å²) in [6.07, 6.45) is 4.86. The van der Waals surface area contributed by atoms with Crippen LogP contribution in [0.4, 0.5) is 0 Å². The fourth-order valence-corrected chi connectivity index (χ4v) is 4.24. The Morgan fingerprint density at radius 3 is 1.83 bits per heavy atom. The Kier molecular flexibility index (Phi) is 5.15. The van der Waals surface area contributed by atoms with Crippen LogP contribution in [0.2, 0.25) is 44.9 Å². The van der Waals surface area contributed by atoms with E-state index in [1.54, 1.807) is 0 Å². The van der Waals surface area contributed by atoms with Gasteiger partial charge in [-0.1, -0.05) is 0 Å². The van der Waals surface area contributed by atoms with Crippen molar-refractivity contribution in [2.45, 2.75) is 44.9 Å². The van der Waals surface area contributed by atoms with E-state index in [-0.39, 0.29) is 0 Å². The fourth-order valence-electron chi connectivity index (χ4n) is 0.874. The van der Waals surface area contributed by atoms with Crippen LogP contribution >= 0.6 is 0 Å². The van der Waals surface area contributed by atoms with E-state index < -0.39 is 26.5 Å². The topological polar surface area (TPSA) is 0 Å². The molecule has 0 radical (unpaired) electrons. The molecule has 0 aliphatic heterocycles. The van der Waals surface area contributed by atoms with Crippen LogP contribution in [0.15, 0.2) is 12.2 Å². The van der Waals surface area contributed by atoms with Gasteiger partial charge in [-0.05, 0) is 0 Å². The van der Waals surface area contributed by atoms with Gasteiger partial charge in [0.15, 0.2) is 0 Å². The van der Waals surface area contributed by atoms with Gasteiger partial charge in [0, 0.05) is 0 Å². The average molecular weight is 291 g/mol. The third-order valence-corrected chi connectivity index (χ3v) is 7.26. The first-order valence-corrected chi connectivity index (χ1v) is 19.1. The van der Waals surface area contributed by atoms with Crippen molar-refractivity contribution in [1.82, 2.24) is 0 Å². The summed E-state index contributed by atoms with van der Waals surface area (Å²) in [5, 5.41) is 0. The third-order valence-electron chi connectivity index (χ3n) is 1.63. The van der Waals surface area contributed by atoms with E-state index in [0.29, 0.717) is 0 Å². The number of allylic oxidation sites excluding steroid dienone is 2. The van der Waals surface area contributed by atoms with Crippen molar-refractivity contribution in [3.8, 4) is 0 Å². The summed E-state index contributed by atoms with van der Waals surface area (Å²) in [5.74, 6) is 0. The first kappa shape index (κ1) is 12.8. The maximum atomic E-state index is 2.49. The van der Waals surface area contributed by atoms with E-state index in [1.807, 2.05) is 0 Å². The Morgan fingerprint density at radius 2 is 1.50 bits per heavy atom. The molecule has 0 heterocycles. The second kappa shape index (κ2) is 4.84. The van der Waals surface area contributed by atoms with Crippen LogP contribution in [-0.2, 0) is 0 Å². The van der Waals surface area contributed by atoms with E-state index in [2.05, 4.69) is 46.6 Å². The third kappa shape index (κ3) is 10.8. The molecule has 0 unspecified atom stereocenters. The summed E-state index contributed by atoms with van der Waals surface area (Å²) in [4.78, 5) is 7.48. The standard InChI is InChI=1S/C7H15Si.3CH3.Sn/c1-5-6-7-8(2,3)4;;;;/h5-6H,1,7H2,2-4H3;3*1H3;/b6-5+;;;;. The number of hydrogen-bond donors (Lipinski definition) is 0. The molecule has 0 fully saturated rings. The van der Waals surface area contributed by atoms with Gasteiger partial charge < -0.3 is 0 Å². The molecule has 0 aromatic heterocycles.